The van der Waals surface area contributed by atoms with Crippen molar-refractivity contribution in [3.8, 4) is 5.75 Å². The number of benzene rings is 2. The van der Waals surface area contributed by atoms with Crippen LogP contribution in [0.1, 0.15) is 22.3 Å². The summed E-state index contributed by atoms with van der Waals surface area (Å²) in [5.41, 5.74) is 3.93. The van der Waals surface area contributed by atoms with Gasteiger partial charge in [0.05, 0.1) is 7.11 Å². The van der Waals surface area contributed by atoms with Crippen LogP contribution < -0.4 is 4.74 Å². The highest BCUT2D eigenvalue weighted by Crippen LogP contribution is 2.27. The molecule has 0 saturated carbocycles. The van der Waals surface area contributed by atoms with E-state index in [9.17, 15) is 4.79 Å². The monoisotopic (exact) mass is 341 g/mol. The first-order chi connectivity index (χ1) is 11.5. The van der Waals surface area contributed by atoms with Gasteiger partial charge in [0, 0.05) is 16.1 Å². The van der Waals surface area contributed by atoms with Crippen LogP contribution in [-0.2, 0) is 9.53 Å². The van der Waals surface area contributed by atoms with E-state index in [0.29, 0.717) is 22.2 Å². The van der Waals surface area contributed by atoms with Crippen LogP contribution in [0, 0.1) is 13.8 Å². The molecule has 4 nitrogen and oxygen atoms in total. The van der Waals surface area contributed by atoms with Gasteiger partial charge < -0.3 is 9.47 Å². The van der Waals surface area contributed by atoms with E-state index >= 15 is 0 Å². The average Bonchev–Trinajstić information content (AvgIpc) is 2.91. The first kappa shape index (κ1) is 16.3. The van der Waals surface area contributed by atoms with Gasteiger partial charge >= 0.3 is 5.97 Å². The Morgan fingerprint density at radius 1 is 1.12 bits per heavy atom. The molecule has 0 saturated heterocycles. The fraction of sp³-hybridized carbons (Fsp3) is 0.158. The zero-order valence-electron chi connectivity index (χ0n) is 13.6. The number of aryl methyl sites for hydroxylation is 2. The number of carbonyl (C=O) groups excluding carboxylic acids is 1. The number of hydrogen-bond donors (Lipinski definition) is 0. The molecule has 0 fully saturated rings. The Morgan fingerprint density at radius 2 is 1.92 bits per heavy atom. The zero-order chi connectivity index (χ0) is 17.3. The van der Waals surface area contributed by atoms with Gasteiger partial charge in [-0.3, -0.25) is 0 Å². The molecule has 1 aliphatic heterocycles. The Morgan fingerprint density at radius 3 is 2.62 bits per heavy atom. The Balaban J connectivity index is 2.00. The van der Waals surface area contributed by atoms with Crippen LogP contribution in [-0.4, -0.2) is 19.0 Å². The van der Waals surface area contributed by atoms with Crippen molar-refractivity contribution in [3.63, 3.8) is 0 Å². The molecule has 5 heteroatoms. The molecule has 0 atom stereocenters. The van der Waals surface area contributed by atoms with Crippen molar-refractivity contribution < 1.29 is 14.3 Å². The molecule has 0 spiro atoms. The highest BCUT2D eigenvalue weighted by Gasteiger charge is 2.24. The van der Waals surface area contributed by atoms with Crippen LogP contribution in [0.2, 0.25) is 5.02 Å². The third kappa shape index (κ3) is 3.19. The molecule has 0 amide bonds. The maximum absolute atomic E-state index is 12.1. The van der Waals surface area contributed by atoms with E-state index in [4.69, 9.17) is 21.1 Å². The van der Waals surface area contributed by atoms with Crippen molar-refractivity contribution in [3.05, 3.63) is 69.4 Å². The number of carbonyl (C=O) groups is 1. The summed E-state index contributed by atoms with van der Waals surface area (Å²) in [5, 5.41) is 0.548. The van der Waals surface area contributed by atoms with E-state index in [1.54, 1.807) is 31.4 Å². The maximum Gasteiger partial charge on any atom is 0.363 e. The minimum absolute atomic E-state index is 0.212. The summed E-state index contributed by atoms with van der Waals surface area (Å²) >= 11 is 6.02. The van der Waals surface area contributed by atoms with E-state index in [1.165, 1.54) is 5.56 Å². The van der Waals surface area contributed by atoms with E-state index < -0.39 is 5.97 Å². The molecule has 2 aromatic carbocycles. The molecule has 0 bridgehead atoms. The van der Waals surface area contributed by atoms with Crippen LogP contribution in [0.25, 0.3) is 6.08 Å². The van der Waals surface area contributed by atoms with Crippen LogP contribution in [0.3, 0.4) is 0 Å². The van der Waals surface area contributed by atoms with Gasteiger partial charge in [0.15, 0.2) is 5.70 Å². The highest BCUT2D eigenvalue weighted by atomic mass is 35.5. The Hall–Kier alpha value is -2.59. The fourth-order valence-corrected chi connectivity index (χ4v) is 2.55. The second-order valence-corrected chi connectivity index (χ2v) is 5.96. The van der Waals surface area contributed by atoms with Crippen LogP contribution in [0.4, 0.5) is 0 Å². The van der Waals surface area contributed by atoms with Gasteiger partial charge in [-0.1, -0.05) is 17.7 Å². The topological polar surface area (TPSA) is 47.9 Å². The lowest BCUT2D eigenvalue weighted by Crippen LogP contribution is -2.05. The fourth-order valence-electron chi connectivity index (χ4n) is 2.37. The summed E-state index contributed by atoms with van der Waals surface area (Å²) < 4.78 is 10.6. The lowest BCUT2D eigenvalue weighted by Gasteiger charge is -2.04. The SMILES string of the molecule is COc1ccc(Cl)cc1/C=C1/N=C(c2ccc(C)c(C)c2)OC1=O. The molecular weight excluding hydrogens is 326 g/mol. The van der Waals surface area contributed by atoms with E-state index in [2.05, 4.69) is 4.99 Å². The maximum atomic E-state index is 12.1. The van der Waals surface area contributed by atoms with Gasteiger partial charge in [-0.25, -0.2) is 9.79 Å². The Bertz CT molecular complexity index is 884. The second-order valence-electron chi connectivity index (χ2n) is 5.52. The van der Waals surface area contributed by atoms with Gasteiger partial charge in [0.1, 0.15) is 5.75 Å². The summed E-state index contributed by atoms with van der Waals surface area (Å²) in [6, 6.07) is 11.0. The number of rotatable bonds is 3. The number of nitrogens with zero attached hydrogens (tertiary/aromatic N) is 1. The first-order valence-corrected chi connectivity index (χ1v) is 7.79. The number of hydrogen-bond acceptors (Lipinski definition) is 4. The van der Waals surface area contributed by atoms with Crippen molar-refractivity contribution >= 4 is 29.5 Å². The third-order valence-electron chi connectivity index (χ3n) is 3.86. The molecule has 122 valence electrons. The predicted octanol–water partition coefficient (Wildman–Crippen LogP) is 4.31. The van der Waals surface area contributed by atoms with Crippen molar-refractivity contribution in [2.45, 2.75) is 13.8 Å². The van der Waals surface area contributed by atoms with Gasteiger partial charge in [0.2, 0.25) is 5.90 Å². The molecule has 2 aromatic rings. The molecule has 1 heterocycles. The van der Waals surface area contributed by atoms with Crippen molar-refractivity contribution in [1.82, 2.24) is 0 Å². The van der Waals surface area contributed by atoms with E-state index in [1.807, 2.05) is 32.0 Å². The molecule has 0 aromatic heterocycles. The van der Waals surface area contributed by atoms with Crippen LogP contribution in [0.5, 0.6) is 5.75 Å². The smallest absolute Gasteiger partial charge is 0.363 e. The van der Waals surface area contributed by atoms with E-state index in [0.717, 1.165) is 11.1 Å². The number of esters is 1. The summed E-state index contributed by atoms with van der Waals surface area (Å²) in [4.78, 5) is 16.4. The van der Waals surface area contributed by atoms with Crippen LogP contribution in [0.15, 0.2) is 47.1 Å². The minimum atomic E-state index is -0.495. The molecule has 0 N–H and O–H groups in total. The lowest BCUT2D eigenvalue weighted by atomic mass is 10.1. The largest absolute Gasteiger partial charge is 0.496 e. The van der Waals surface area contributed by atoms with Gasteiger partial charge in [-0.05, 0) is 61.4 Å². The highest BCUT2D eigenvalue weighted by molar-refractivity contribution is 6.30. The summed E-state index contributed by atoms with van der Waals surface area (Å²) in [5.74, 6) is 0.412. The number of halogens is 1. The standard InChI is InChI=1S/C19H16ClNO3/c1-11-4-5-13(8-12(11)2)18-21-16(19(22)24-18)10-14-9-15(20)6-7-17(14)23-3/h4-10H,1-3H3/b16-10+. The first-order valence-electron chi connectivity index (χ1n) is 7.41. The summed E-state index contributed by atoms with van der Waals surface area (Å²) in [6.45, 7) is 4.03. The van der Waals surface area contributed by atoms with Crippen LogP contribution >= 0.6 is 11.6 Å². The number of cyclic esters (lactones) is 1. The predicted molar refractivity (Wildman–Crippen MR) is 94.5 cm³/mol. The van der Waals surface area contributed by atoms with Crippen molar-refractivity contribution in [2.75, 3.05) is 7.11 Å². The average molecular weight is 342 g/mol. The summed E-state index contributed by atoms with van der Waals surface area (Å²) in [7, 11) is 1.56. The number of ether oxygens (including phenoxy) is 2. The Kier molecular flexibility index (Phi) is 4.40. The summed E-state index contributed by atoms with van der Waals surface area (Å²) in [6.07, 6.45) is 1.61. The molecule has 24 heavy (non-hydrogen) atoms. The Labute approximate surface area is 145 Å². The minimum Gasteiger partial charge on any atom is -0.496 e. The quantitative estimate of drug-likeness (QED) is 0.617. The molecular formula is C19H16ClNO3. The number of aliphatic imine (C=N–C) groups is 1. The van der Waals surface area contributed by atoms with Crippen molar-refractivity contribution in [2.24, 2.45) is 4.99 Å². The van der Waals surface area contributed by atoms with Crippen molar-refractivity contribution in [1.29, 1.82) is 0 Å². The van der Waals surface area contributed by atoms with Gasteiger partial charge in [-0.15, -0.1) is 0 Å². The molecule has 0 aliphatic carbocycles. The van der Waals surface area contributed by atoms with Gasteiger partial charge in [-0.2, -0.15) is 0 Å². The molecule has 0 unspecified atom stereocenters. The molecule has 1 aliphatic rings. The second kappa shape index (κ2) is 6.49. The van der Waals surface area contributed by atoms with E-state index in [-0.39, 0.29) is 5.70 Å². The lowest BCUT2D eigenvalue weighted by molar-refractivity contribution is -0.129. The number of methoxy groups -OCH3 is 1. The van der Waals surface area contributed by atoms with Gasteiger partial charge in [0.25, 0.3) is 0 Å². The zero-order valence-corrected chi connectivity index (χ0v) is 14.3. The molecule has 3 rings (SSSR count). The normalized spacial score (nSPS) is 15.4. The third-order valence-corrected chi connectivity index (χ3v) is 4.09. The molecule has 0 radical (unpaired) electrons.